The molecule has 0 amide bonds. The second-order valence-corrected chi connectivity index (χ2v) is 3.15. The Hall–Kier alpha value is -1.96. The molecule has 3 aromatic rings. The van der Waals surface area contributed by atoms with Crippen LogP contribution in [0.4, 0.5) is 0 Å². The molecule has 0 saturated carbocycles. The summed E-state index contributed by atoms with van der Waals surface area (Å²) in [4.78, 5) is 8.45. The Morgan fingerprint density at radius 1 is 1.07 bits per heavy atom. The van der Waals surface area contributed by atoms with Crippen LogP contribution in [0.5, 0.6) is 0 Å². The highest BCUT2D eigenvalue weighted by atomic mass is 14.7. The van der Waals surface area contributed by atoms with E-state index in [2.05, 4.69) is 22.1 Å². The molecular weight excluding hydrogens is 172 g/mol. The van der Waals surface area contributed by atoms with Gasteiger partial charge in [-0.25, -0.2) is 0 Å². The minimum atomic E-state index is 0.970. The van der Waals surface area contributed by atoms with Gasteiger partial charge in [-0.3, -0.25) is 9.97 Å². The third kappa shape index (κ3) is 0.973. The first-order valence-electron chi connectivity index (χ1n) is 4.44. The SMILES string of the molecule is [c]1ccnc2c1ccc1ccncc12. The van der Waals surface area contributed by atoms with Crippen molar-refractivity contribution in [2.75, 3.05) is 0 Å². The van der Waals surface area contributed by atoms with Gasteiger partial charge in [0.15, 0.2) is 0 Å². The normalized spacial score (nSPS) is 10.9. The van der Waals surface area contributed by atoms with Crippen LogP contribution in [0, 0.1) is 6.07 Å². The van der Waals surface area contributed by atoms with E-state index < -0.39 is 0 Å². The Kier molecular flexibility index (Phi) is 1.47. The molecule has 65 valence electrons. The predicted octanol–water partition coefficient (Wildman–Crippen LogP) is 2.58. The van der Waals surface area contributed by atoms with Crippen LogP contribution in [-0.2, 0) is 0 Å². The van der Waals surface area contributed by atoms with Gasteiger partial charge in [0, 0.05) is 29.4 Å². The van der Waals surface area contributed by atoms with Gasteiger partial charge in [0.25, 0.3) is 0 Å². The highest BCUT2D eigenvalue weighted by Crippen LogP contribution is 2.21. The molecule has 0 spiro atoms. The van der Waals surface area contributed by atoms with Crippen molar-refractivity contribution in [2.24, 2.45) is 0 Å². The van der Waals surface area contributed by atoms with Crippen molar-refractivity contribution in [2.45, 2.75) is 0 Å². The molecule has 1 aromatic carbocycles. The molecule has 0 atom stereocenters. The number of hydrogen-bond donors (Lipinski definition) is 0. The topological polar surface area (TPSA) is 25.8 Å². The van der Waals surface area contributed by atoms with Gasteiger partial charge in [-0.05, 0) is 23.6 Å². The molecule has 1 radical (unpaired) electrons. The Morgan fingerprint density at radius 3 is 3.07 bits per heavy atom. The summed E-state index contributed by atoms with van der Waals surface area (Å²) in [6, 6.07) is 11.1. The molecule has 14 heavy (non-hydrogen) atoms. The fourth-order valence-electron chi connectivity index (χ4n) is 1.64. The van der Waals surface area contributed by atoms with Gasteiger partial charge >= 0.3 is 0 Å². The lowest BCUT2D eigenvalue weighted by molar-refractivity contribution is 1.36. The third-order valence-corrected chi connectivity index (χ3v) is 2.31. The van der Waals surface area contributed by atoms with Crippen LogP contribution in [0.15, 0.2) is 42.9 Å². The number of benzene rings is 1. The van der Waals surface area contributed by atoms with Gasteiger partial charge in [0.2, 0.25) is 0 Å². The number of hydrogen-bond acceptors (Lipinski definition) is 2. The molecule has 0 unspecified atom stereocenters. The summed E-state index contributed by atoms with van der Waals surface area (Å²) in [5.41, 5.74) is 0.970. The van der Waals surface area contributed by atoms with Crippen LogP contribution >= 0.6 is 0 Å². The average Bonchev–Trinajstić information content (AvgIpc) is 2.29. The van der Waals surface area contributed by atoms with E-state index in [0.29, 0.717) is 0 Å². The van der Waals surface area contributed by atoms with Crippen molar-refractivity contribution in [1.82, 2.24) is 9.97 Å². The average molecular weight is 179 g/mol. The molecule has 0 fully saturated rings. The number of nitrogens with zero attached hydrogens (tertiary/aromatic N) is 2. The van der Waals surface area contributed by atoms with Crippen LogP contribution in [0.2, 0.25) is 0 Å². The molecule has 2 aromatic heterocycles. The summed E-state index contributed by atoms with van der Waals surface area (Å²) in [5.74, 6) is 0. The Bertz CT molecular complexity index is 547. The van der Waals surface area contributed by atoms with Crippen molar-refractivity contribution in [1.29, 1.82) is 0 Å². The highest BCUT2D eigenvalue weighted by Gasteiger charge is 1.99. The fraction of sp³-hybridized carbons (Fsp3) is 0. The van der Waals surface area contributed by atoms with E-state index in [0.717, 1.165) is 16.3 Å². The van der Waals surface area contributed by atoms with Gasteiger partial charge in [-0.1, -0.05) is 12.1 Å². The zero-order chi connectivity index (χ0) is 9.38. The summed E-state index contributed by atoms with van der Waals surface area (Å²) in [5, 5.41) is 3.29. The molecule has 0 aliphatic rings. The second kappa shape index (κ2) is 2.77. The fourth-order valence-corrected chi connectivity index (χ4v) is 1.64. The van der Waals surface area contributed by atoms with Crippen molar-refractivity contribution in [3.05, 3.63) is 48.9 Å². The van der Waals surface area contributed by atoms with E-state index in [-0.39, 0.29) is 0 Å². The van der Waals surface area contributed by atoms with Crippen molar-refractivity contribution in [3.63, 3.8) is 0 Å². The molecule has 0 N–H and O–H groups in total. The molecular formula is C12H7N2. The van der Waals surface area contributed by atoms with E-state index >= 15 is 0 Å². The Labute approximate surface area is 81.2 Å². The summed E-state index contributed by atoms with van der Waals surface area (Å²) in [6.07, 6.45) is 5.40. The van der Waals surface area contributed by atoms with Gasteiger partial charge in [-0.2, -0.15) is 0 Å². The van der Waals surface area contributed by atoms with Crippen molar-refractivity contribution in [3.8, 4) is 0 Å². The predicted molar refractivity (Wildman–Crippen MR) is 55.9 cm³/mol. The maximum absolute atomic E-state index is 4.34. The number of aromatic nitrogens is 2. The summed E-state index contributed by atoms with van der Waals surface area (Å²) < 4.78 is 0. The molecule has 2 heteroatoms. The van der Waals surface area contributed by atoms with E-state index in [1.54, 1.807) is 12.4 Å². The van der Waals surface area contributed by atoms with Gasteiger partial charge in [0.05, 0.1) is 5.52 Å². The molecule has 0 saturated heterocycles. The van der Waals surface area contributed by atoms with Gasteiger partial charge in [-0.15, -0.1) is 0 Å². The maximum Gasteiger partial charge on any atom is 0.0802 e. The largest absolute Gasteiger partial charge is 0.264 e. The number of pyridine rings is 2. The van der Waals surface area contributed by atoms with E-state index in [4.69, 9.17) is 0 Å². The monoisotopic (exact) mass is 179 g/mol. The maximum atomic E-state index is 4.34. The first-order chi connectivity index (χ1) is 6.95. The lowest BCUT2D eigenvalue weighted by Gasteiger charge is -2.00. The molecule has 0 bridgehead atoms. The molecule has 0 aliphatic heterocycles. The van der Waals surface area contributed by atoms with E-state index in [9.17, 15) is 0 Å². The first kappa shape index (κ1) is 7.44. The highest BCUT2D eigenvalue weighted by molar-refractivity contribution is 6.04. The molecule has 3 rings (SSSR count). The standard InChI is InChI=1S/C12H7N2/c1-2-10-4-3-9-5-7-13-8-11(9)12(10)14-6-1/h1,3-8H. The zero-order valence-corrected chi connectivity index (χ0v) is 7.44. The van der Waals surface area contributed by atoms with E-state index in [1.807, 2.05) is 24.4 Å². The quantitative estimate of drug-likeness (QED) is 0.496. The minimum absolute atomic E-state index is 0.970. The first-order valence-corrected chi connectivity index (χ1v) is 4.44. The van der Waals surface area contributed by atoms with Gasteiger partial charge < -0.3 is 0 Å². The molecule has 0 aliphatic carbocycles. The molecule has 2 nitrogen and oxygen atoms in total. The van der Waals surface area contributed by atoms with Crippen LogP contribution in [0.25, 0.3) is 21.7 Å². The number of fused-ring (bicyclic) bond motifs is 3. The van der Waals surface area contributed by atoms with Crippen LogP contribution in [0.1, 0.15) is 0 Å². The summed E-state index contributed by atoms with van der Waals surface area (Å²) in [7, 11) is 0. The van der Waals surface area contributed by atoms with Crippen LogP contribution in [0.3, 0.4) is 0 Å². The summed E-state index contributed by atoms with van der Waals surface area (Å²) in [6.45, 7) is 0. The lowest BCUT2D eigenvalue weighted by Crippen LogP contribution is -1.81. The Morgan fingerprint density at radius 2 is 2.07 bits per heavy atom. The minimum Gasteiger partial charge on any atom is -0.264 e. The van der Waals surface area contributed by atoms with Gasteiger partial charge in [0.1, 0.15) is 0 Å². The van der Waals surface area contributed by atoms with Crippen LogP contribution < -0.4 is 0 Å². The second-order valence-electron chi connectivity index (χ2n) is 3.15. The van der Waals surface area contributed by atoms with Crippen molar-refractivity contribution >= 4 is 21.7 Å². The van der Waals surface area contributed by atoms with E-state index in [1.165, 1.54) is 5.39 Å². The van der Waals surface area contributed by atoms with Crippen LogP contribution in [-0.4, -0.2) is 9.97 Å². The number of rotatable bonds is 0. The lowest BCUT2D eigenvalue weighted by atomic mass is 10.1. The smallest absolute Gasteiger partial charge is 0.0802 e. The third-order valence-electron chi connectivity index (χ3n) is 2.31. The Balaban J connectivity index is 2.61. The van der Waals surface area contributed by atoms with Crippen molar-refractivity contribution < 1.29 is 0 Å². The summed E-state index contributed by atoms with van der Waals surface area (Å²) >= 11 is 0. The zero-order valence-electron chi connectivity index (χ0n) is 7.44. The molecule has 2 heterocycles.